The number of aromatic amines is 1. The zero-order valence-electron chi connectivity index (χ0n) is 17.8. The van der Waals surface area contributed by atoms with Crippen LogP contribution in [-0.4, -0.2) is 54.1 Å². The number of ether oxygens (including phenoxy) is 1. The van der Waals surface area contributed by atoms with Crippen molar-refractivity contribution in [3.63, 3.8) is 0 Å². The van der Waals surface area contributed by atoms with E-state index >= 15 is 0 Å². The van der Waals surface area contributed by atoms with Crippen LogP contribution in [0.5, 0.6) is 5.75 Å². The van der Waals surface area contributed by atoms with Crippen LogP contribution in [0.4, 0.5) is 5.82 Å². The summed E-state index contributed by atoms with van der Waals surface area (Å²) in [5, 5.41) is 1.02. The lowest BCUT2D eigenvalue weighted by Gasteiger charge is -2.35. The van der Waals surface area contributed by atoms with Gasteiger partial charge in [0.15, 0.2) is 0 Å². The lowest BCUT2D eigenvalue weighted by atomic mass is 10.2. The van der Waals surface area contributed by atoms with Crippen LogP contribution in [0.3, 0.4) is 0 Å². The van der Waals surface area contributed by atoms with Crippen molar-refractivity contribution in [1.82, 2.24) is 14.9 Å². The third kappa shape index (κ3) is 4.03. The van der Waals surface area contributed by atoms with Gasteiger partial charge < -0.3 is 19.5 Å². The van der Waals surface area contributed by atoms with Gasteiger partial charge >= 0.3 is 0 Å². The topological polar surface area (TPSA) is 61.5 Å². The highest BCUT2D eigenvalue weighted by molar-refractivity contribution is 7.99. The molecule has 0 bridgehead atoms. The Balaban J connectivity index is 1.43. The molecule has 2 aromatic carbocycles. The van der Waals surface area contributed by atoms with Crippen LogP contribution < -0.4 is 9.64 Å². The van der Waals surface area contributed by atoms with Crippen molar-refractivity contribution in [2.75, 3.05) is 38.2 Å². The molecule has 6 nitrogen and oxygen atoms in total. The van der Waals surface area contributed by atoms with Gasteiger partial charge in [-0.2, -0.15) is 0 Å². The van der Waals surface area contributed by atoms with Gasteiger partial charge in [0.25, 0.3) is 5.91 Å². The number of rotatable bonds is 5. The van der Waals surface area contributed by atoms with Crippen LogP contribution >= 0.6 is 11.8 Å². The molecule has 5 rings (SSSR count). The number of aromatic nitrogens is 2. The molecule has 1 fully saturated rings. The normalized spacial score (nSPS) is 14.0. The van der Waals surface area contributed by atoms with Gasteiger partial charge in [0.2, 0.25) is 0 Å². The summed E-state index contributed by atoms with van der Waals surface area (Å²) < 4.78 is 5.39. The smallest absolute Gasteiger partial charge is 0.271 e. The molecule has 32 heavy (non-hydrogen) atoms. The van der Waals surface area contributed by atoms with Gasteiger partial charge in [-0.1, -0.05) is 36.0 Å². The number of fused-ring (bicyclic) bond motifs is 1. The summed E-state index contributed by atoms with van der Waals surface area (Å²) in [6, 6.07) is 22.0. The van der Waals surface area contributed by atoms with E-state index in [9.17, 15) is 4.79 Å². The molecule has 1 N–H and O–H groups in total. The van der Waals surface area contributed by atoms with Crippen molar-refractivity contribution in [2.45, 2.75) is 9.79 Å². The molecule has 1 saturated heterocycles. The zero-order valence-corrected chi connectivity index (χ0v) is 18.6. The highest BCUT2D eigenvalue weighted by Gasteiger charge is 2.27. The van der Waals surface area contributed by atoms with Crippen molar-refractivity contribution >= 4 is 34.4 Å². The number of hydrogen-bond acceptors (Lipinski definition) is 5. The fourth-order valence-electron chi connectivity index (χ4n) is 3.98. The maximum atomic E-state index is 13.6. The van der Waals surface area contributed by atoms with Crippen molar-refractivity contribution in [1.29, 1.82) is 0 Å². The number of piperazine rings is 1. The molecular formula is C25H24N4O2S. The lowest BCUT2D eigenvalue weighted by molar-refractivity contribution is 0.0738. The van der Waals surface area contributed by atoms with Gasteiger partial charge in [0.05, 0.1) is 17.5 Å². The Bertz CT molecular complexity index is 1220. The fraction of sp³-hybridized carbons (Fsp3) is 0.200. The van der Waals surface area contributed by atoms with E-state index in [-0.39, 0.29) is 5.91 Å². The molecule has 2 aromatic heterocycles. The first-order chi connectivity index (χ1) is 15.7. The number of methoxy groups -OCH3 is 1. The van der Waals surface area contributed by atoms with E-state index in [1.165, 1.54) is 0 Å². The molecular weight excluding hydrogens is 420 g/mol. The maximum absolute atomic E-state index is 13.6. The number of hydrogen-bond donors (Lipinski definition) is 1. The minimum Gasteiger partial charge on any atom is -0.497 e. The molecule has 1 aliphatic heterocycles. The standard InChI is InChI=1S/C25H24N4O2S/c1-31-18-10-11-20-21(17-18)27-23(24(20)32-19-7-3-2-4-8-19)25(30)29-15-13-28(14-16-29)22-9-5-6-12-26-22/h2-12,17,27H,13-16H2,1H3. The second-order valence-corrected chi connectivity index (χ2v) is 8.71. The summed E-state index contributed by atoms with van der Waals surface area (Å²) >= 11 is 1.61. The highest BCUT2D eigenvalue weighted by atomic mass is 32.2. The first-order valence-electron chi connectivity index (χ1n) is 10.6. The monoisotopic (exact) mass is 444 g/mol. The summed E-state index contributed by atoms with van der Waals surface area (Å²) in [6.45, 7) is 2.84. The zero-order chi connectivity index (χ0) is 21.9. The fourth-order valence-corrected chi connectivity index (χ4v) is 5.04. The lowest BCUT2D eigenvalue weighted by Crippen LogP contribution is -2.49. The summed E-state index contributed by atoms with van der Waals surface area (Å²) in [5.41, 5.74) is 1.53. The predicted molar refractivity (Wildman–Crippen MR) is 128 cm³/mol. The molecule has 3 heterocycles. The number of nitrogens with zero attached hydrogens (tertiary/aromatic N) is 3. The second kappa shape index (κ2) is 8.96. The number of carbonyl (C=O) groups is 1. The minimum absolute atomic E-state index is 0.0271. The van der Waals surface area contributed by atoms with Crippen LogP contribution in [0.2, 0.25) is 0 Å². The molecule has 0 radical (unpaired) electrons. The first-order valence-corrected chi connectivity index (χ1v) is 11.4. The van der Waals surface area contributed by atoms with Crippen LogP contribution in [-0.2, 0) is 0 Å². The third-order valence-electron chi connectivity index (χ3n) is 5.68. The Morgan fingerprint density at radius 3 is 2.50 bits per heavy atom. The molecule has 0 unspecified atom stereocenters. The molecule has 7 heteroatoms. The Labute approximate surface area is 191 Å². The molecule has 0 atom stereocenters. The summed E-state index contributed by atoms with van der Waals surface area (Å²) in [4.78, 5) is 27.6. The number of benzene rings is 2. The van der Waals surface area contributed by atoms with Crippen molar-refractivity contribution in [2.24, 2.45) is 0 Å². The van der Waals surface area contributed by atoms with Gasteiger partial charge in [-0.15, -0.1) is 0 Å². The molecule has 0 saturated carbocycles. The summed E-state index contributed by atoms with van der Waals surface area (Å²) in [6.07, 6.45) is 1.80. The van der Waals surface area contributed by atoms with E-state index in [1.54, 1.807) is 25.1 Å². The quantitative estimate of drug-likeness (QED) is 0.484. The van der Waals surface area contributed by atoms with Gasteiger partial charge in [-0.25, -0.2) is 4.98 Å². The summed E-state index contributed by atoms with van der Waals surface area (Å²) in [7, 11) is 1.65. The Hall–Kier alpha value is -3.45. The molecule has 0 aliphatic carbocycles. The molecule has 4 aromatic rings. The van der Waals surface area contributed by atoms with E-state index in [0.29, 0.717) is 18.8 Å². The van der Waals surface area contributed by atoms with Crippen molar-refractivity contribution in [3.8, 4) is 5.75 Å². The van der Waals surface area contributed by atoms with Gasteiger partial charge in [0, 0.05) is 48.7 Å². The number of amides is 1. The van der Waals surface area contributed by atoms with Gasteiger partial charge in [-0.05, 0) is 36.4 Å². The predicted octanol–water partition coefficient (Wildman–Crippen LogP) is 4.69. The average molecular weight is 445 g/mol. The summed E-state index contributed by atoms with van der Waals surface area (Å²) in [5.74, 6) is 1.75. The highest BCUT2D eigenvalue weighted by Crippen LogP contribution is 2.38. The van der Waals surface area contributed by atoms with Crippen LogP contribution in [0, 0.1) is 0 Å². The second-order valence-electron chi connectivity index (χ2n) is 7.62. The molecule has 1 amide bonds. The third-order valence-corrected chi connectivity index (χ3v) is 6.81. The molecule has 162 valence electrons. The number of pyridine rings is 1. The van der Waals surface area contributed by atoms with Gasteiger partial charge in [-0.3, -0.25) is 4.79 Å². The van der Waals surface area contributed by atoms with E-state index in [4.69, 9.17) is 4.74 Å². The maximum Gasteiger partial charge on any atom is 0.271 e. The number of anilines is 1. The average Bonchev–Trinajstić information content (AvgIpc) is 3.22. The first kappa shape index (κ1) is 20.5. The van der Waals surface area contributed by atoms with Crippen molar-refractivity contribution < 1.29 is 9.53 Å². The Morgan fingerprint density at radius 1 is 1.00 bits per heavy atom. The van der Waals surface area contributed by atoms with Crippen LogP contribution in [0.1, 0.15) is 10.5 Å². The van der Waals surface area contributed by atoms with Crippen molar-refractivity contribution in [3.05, 3.63) is 78.6 Å². The van der Waals surface area contributed by atoms with E-state index in [0.717, 1.165) is 45.4 Å². The van der Waals surface area contributed by atoms with Gasteiger partial charge in [0.1, 0.15) is 17.3 Å². The number of nitrogens with one attached hydrogen (secondary N) is 1. The SMILES string of the molecule is COc1ccc2c(Sc3ccccc3)c(C(=O)N3CCN(c4ccccn4)CC3)[nH]c2c1. The minimum atomic E-state index is 0.0271. The number of H-pyrrole nitrogens is 1. The van der Waals surface area contributed by atoms with E-state index in [1.807, 2.05) is 59.5 Å². The Kier molecular flexibility index (Phi) is 5.73. The largest absolute Gasteiger partial charge is 0.497 e. The molecule has 1 aliphatic rings. The van der Waals surface area contributed by atoms with E-state index in [2.05, 4.69) is 27.0 Å². The van der Waals surface area contributed by atoms with Crippen LogP contribution in [0.25, 0.3) is 10.9 Å². The number of carbonyl (C=O) groups excluding carboxylic acids is 1. The Morgan fingerprint density at radius 2 is 1.78 bits per heavy atom. The van der Waals surface area contributed by atoms with Crippen LogP contribution in [0.15, 0.2) is 82.7 Å². The van der Waals surface area contributed by atoms with E-state index < -0.39 is 0 Å². The molecule has 0 spiro atoms.